The van der Waals surface area contributed by atoms with Crippen LogP contribution in [0, 0.1) is 5.82 Å². The first kappa shape index (κ1) is 15.8. The zero-order valence-electron chi connectivity index (χ0n) is 12.5. The quantitative estimate of drug-likeness (QED) is 0.881. The summed E-state index contributed by atoms with van der Waals surface area (Å²) in [7, 11) is 3.82. The second-order valence-corrected chi connectivity index (χ2v) is 5.53. The topological polar surface area (TPSA) is 15.3 Å². The Kier molecular flexibility index (Phi) is 5.21. The first-order valence-corrected chi connectivity index (χ1v) is 7.32. The van der Waals surface area contributed by atoms with Gasteiger partial charge >= 0.3 is 0 Å². The van der Waals surface area contributed by atoms with Gasteiger partial charge in [0.1, 0.15) is 5.82 Å². The summed E-state index contributed by atoms with van der Waals surface area (Å²) in [5.74, 6) is -0.195. The van der Waals surface area contributed by atoms with Crippen molar-refractivity contribution in [2.24, 2.45) is 0 Å². The molecule has 0 aromatic heterocycles. The molecule has 0 aliphatic carbocycles. The minimum absolute atomic E-state index is 0.0983. The van der Waals surface area contributed by atoms with Crippen molar-refractivity contribution >= 4 is 17.3 Å². The van der Waals surface area contributed by atoms with Gasteiger partial charge in [0.2, 0.25) is 0 Å². The molecule has 112 valence electrons. The molecule has 0 amide bonds. The highest BCUT2D eigenvalue weighted by Gasteiger charge is 2.17. The Bertz CT molecular complexity index is 615. The molecular formula is C17H20ClFN2. The third kappa shape index (κ3) is 3.55. The van der Waals surface area contributed by atoms with Crippen LogP contribution >= 0.6 is 11.6 Å². The lowest BCUT2D eigenvalue weighted by Crippen LogP contribution is -2.23. The van der Waals surface area contributed by atoms with Gasteiger partial charge in [0, 0.05) is 19.2 Å². The van der Waals surface area contributed by atoms with Crippen LogP contribution < -0.4 is 10.2 Å². The molecule has 0 fully saturated rings. The highest BCUT2D eigenvalue weighted by atomic mass is 35.5. The lowest BCUT2D eigenvalue weighted by atomic mass is 10.1. The van der Waals surface area contributed by atoms with Gasteiger partial charge < -0.3 is 10.2 Å². The van der Waals surface area contributed by atoms with Gasteiger partial charge in [-0.15, -0.1) is 0 Å². The van der Waals surface area contributed by atoms with E-state index < -0.39 is 0 Å². The lowest BCUT2D eigenvalue weighted by Gasteiger charge is -2.28. The van der Waals surface area contributed by atoms with Gasteiger partial charge in [0.25, 0.3) is 0 Å². The molecule has 2 rings (SSSR count). The van der Waals surface area contributed by atoms with Gasteiger partial charge in [-0.2, -0.15) is 0 Å². The van der Waals surface area contributed by atoms with Crippen LogP contribution in [0.5, 0.6) is 0 Å². The minimum Gasteiger partial charge on any atom is -0.367 e. The largest absolute Gasteiger partial charge is 0.367 e. The Labute approximate surface area is 130 Å². The number of rotatable bonds is 5. The van der Waals surface area contributed by atoms with Crippen LogP contribution in [0.4, 0.5) is 10.1 Å². The van der Waals surface area contributed by atoms with E-state index >= 15 is 0 Å². The average Bonchev–Trinajstić information content (AvgIpc) is 2.47. The molecule has 0 aliphatic heterocycles. The predicted molar refractivity (Wildman–Crippen MR) is 87.4 cm³/mol. The Morgan fingerprint density at radius 3 is 2.57 bits per heavy atom. The van der Waals surface area contributed by atoms with Gasteiger partial charge in [-0.1, -0.05) is 35.9 Å². The molecule has 2 nitrogen and oxygen atoms in total. The van der Waals surface area contributed by atoms with E-state index in [0.29, 0.717) is 10.6 Å². The number of hydrogen-bond donors (Lipinski definition) is 1. The summed E-state index contributed by atoms with van der Waals surface area (Å²) in [6.07, 6.45) is 0. The summed E-state index contributed by atoms with van der Waals surface area (Å²) < 4.78 is 13.9. The molecule has 1 unspecified atom stereocenters. The molecule has 21 heavy (non-hydrogen) atoms. The zero-order chi connectivity index (χ0) is 15.4. The second-order valence-electron chi connectivity index (χ2n) is 5.12. The molecule has 0 saturated heterocycles. The molecule has 0 bridgehead atoms. The van der Waals surface area contributed by atoms with E-state index in [1.54, 1.807) is 12.1 Å². The van der Waals surface area contributed by atoms with Crippen molar-refractivity contribution in [1.82, 2.24) is 5.32 Å². The number of hydrogen-bond acceptors (Lipinski definition) is 2. The van der Waals surface area contributed by atoms with E-state index in [4.69, 9.17) is 11.6 Å². The summed E-state index contributed by atoms with van der Waals surface area (Å²) in [5, 5.41) is 3.77. The van der Waals surface area contributed by atoms with Crippen molar-refractivity contribution < 1.29 is 4.39 Å². The first-order valence-electron chi connectivity index (χ1n) is 6.95. The molecule has 0 radical (unpaired) electrons. The highest BCUT2D eigenvalue weighted by molar-refractivity contribution is 6.33. The van der Waals surface area contributed by atoms with Crippen LogP contribution in [0.2, 0.25) is 5.02 Å². The molecule has 1 atom stereocenters. The first-order chi connectivity index (χ1) is 10.0. The molecule has 0 saturated carbocycles. The Balaban J connectivity index is 2.27. The van der Waals surface area contributed by atoms with E-state index in [-0.39, 0.29) is 11.9 Å². The maximum Gasteiger partial charge on any atom is 0.128 e. The van der Waals surface area contributed by atoms with Crippen LogP contribution in [0.1, 0.15) is 24.1 Å². The fraction of sp³-hybridized carbons (Fsp3) is 0.294. The van der Waals surface area contributed by atoms with Crippen LogP contribution in [0.3, 0.4) is 0 Å². The number of anilines is 1. The Morgan fingerprint density at radius 1 is 1.24 bits per heavy atom. The van der Waals surface area contributed by atoms with Gasteiger partial charge in [-0.25, -0.2) is 4.39 Å². The molecule has 2 aromatic carbocycles. The molecule has 0 spiro atoms. The second kappa shape index (κ2) is 6.92. The van der Waals surface area contributed by atoms with Crippen LogP contribution in [-0.4, -0.2) is 14.1 Å². The van der Waals surface area contributed by atoms with E-state index in [1.807, 2.05) is 50.2 Å². The SMILES string of the molecule is CNCc1ccc(N(C)C(C)c2ccccc2F)c(Cl)c1. The standard InChI is InChI=1S/C17H20ClFN2/c1-12(14-6-4-5-7-16(14)19)21(3)17-9-8-13(11-20-2)10-15(17)18/h4-10,12,20H,11H2,1-3H3. The van der Waals surface area contributed by atoms with Gasteiger partial charge in [-0.3, -0.25) is 0 Å². The normalized spacial score (nSPS) is 12.2. The number of benzene rings is 2. The van der Waals surface area contributed by atoms with Crippen molar-refractivity contribution in [3.05, 3.63) is 64.4 Å². The summed E-state index contributed by atoms with van der Waals surface area (Å²) in [5.41, 5.74) is 2.68. The minimum atomic E-state index is -0.195. The zero-order valence-corrected chi connectivity index (χ0v) is 13.3. The van der Waals surface area contributed by atoms with E-state index in [1.165, 1.54) is 6.07 Å². The molecular weight excluding hydrogens is 287 g/mol. The third-order valence-electron chi connectivity index (χ3n) is 3.71. The maximum absolute atomic E-state index is 13.9. The third-order valence-corrected chi connectivity index (χ3v) is 4.01. The fourth-order valence-electron chi connectivity index (χ4n) is 2.38. The average molecular weight is 307 g/mol. The molecule has 0 heterocycles. The fourth-order valence-corrected chi connectivity index (χ4v) is 2.72. The van der Waals surface area contributed by atoms with E-state index in [2.05, 4.69) is 5.32 Å². The molecule has 4 heteroatoms. The maximum atomic E-state index is 13.9. The van der Waals surface area contributed by atoms with Crippen molar-refractivity contribution in [2.45, 2.75) is 19.5 Å². The summed E-state index contributed by atoms with van der Waals surface area (Å²) in [6, 6.07) is 12.7. The van der Waals surface area contributed by atoms with Crippen molar-refractivity contribution in [3.63, 3.8) is 0 Å². The van der Waals surface area contributed by atoms with Gasteiger partial charge in [-0.05, 0) is 37.7 Å². The Morgan fingerprint density at radius 2 is 1.95 bits per heavy atom. The molecule has 0 aliphatic rings. The number of halogens is 2. The number of nitrogens with zero attached hydrogens (tertiary/aromatic N) is 1. The van der Waals surface area contributed by atoms with E-state index in [9.17, 15) is 4.39 Å². The smallest absolute Gasteiger partial charge is 0.128 e. The van der Waals surface area contributed by atoms with Crippen LogP contribution in [-0.2, 0) is 6.54 Å². The summed E-state index contributed by atoms with van der Waals surface area (Å²) in [4.78, 5) is 1.99. The van der Waals surface area contributed by atoms with Gasteiger partial charge in [0.15, 0.2) is 0 Å². The highest BCUT2D eigenvalue weighted by Crippen LogP contribution is 2.32. The van der Waals surface area contributed by atoms with Crippen molar-refractivity contribution in [3.8, 4) is 0 Å². The van der Waals surface area contributed by atoms with Gasteiger partial charge in [0.05, 0.1) is 16.8 Å². The molecule has 2 aromatic rings. The number of nitrogens with one attached hydrogen (secondary N) is 1. The predicted octanol–water partition coefficient (Wildman–Crippen LogP) is 4.40. The summed E-state index contributed by atoms with van der Waals surface area (Å²) >= 11 is 6.37. The lowest BCUT2D eigenvalue weighted by molar-refractivity contribution is 0.585. The molecule has 1 N–H and O–H groups in total. The van der Waals surface area contributed by atoms with Crippen LogP contribution in [0.15, 0.2) is 42.5 Å². The van der Waals surface area contributed by atoms with Crippen molar-refractivity contribution in [1.29, 1.82) is 0 Å². The summed E-state index contributed by atoms with van der Waals surface area (Å²) in [6.45, 7) is 2.74. The van der Waals surface area contributed by atoms with E-state index in [0.717, 1.165) is 17.8 Å². The monoisotopic (exact) mass is 306 g/mol. The Hall–Kier alpha value is -1.58. The van der Waals surface area contributed by atoms with Crippen LogP contribution in [0.25, 0.3) is 0 Å². The van der Waals surface area contributed by atoms with Crippen molar-refractivity contribution in [2.75, 3.05) is 19.0 Å².